The highest BCUT2D eigenvalue weighted by Crippen LogP contribution is 2.15. The fraction of sp³-hybridized carbons (Fsp3) is 0.467. The highest BCUT2D eigenvalue weighted by molar-refractivity contribution is 7.12. The molecule has 1 aromatic heterocycles. The van der Waals surface area contributed by atoms with Crippen LogP contribution in [0.1, 0.15) is 42.4 Å². The Labute approximate surface area is 128 Å². The average Bonchev–Trinajstić information content (AvgIpc) is 2.82. The molecule has 114 valence electrons. The Balaban J connectivity index is 2.48. The number of aliphatic hydroxyl groups excluding tert-OH is 1. The lowest BCUT2D eigenvalue weighted by atomic mass is 10.1. The molecule has 3 N–H and O–H groups in total. The second-order valence-electron chi connectivity index (χ2n) is 5.43. The third-order valence-electron chi connectivity index (χ3n) is 2.33. The summed E-state index contributed by atoms with van der Waals surface area (Å²) in [7, 11) is 0. The summed E-state index contributed by atoms with van der Waals surface area (Å²) in [5.74, 6) is 4.88. The SMILES string of the molecule is CC(C)(C)NC(=O)CCNC(=O)c1sccc1C#CCO. The molecule has 0 unspecified atom stereocenters. The van der Waals surface area contributed by atoms with Crippen LogP contribution in [0.15, 0.2) is 11.4 Å². The van der Waals surface area contributed by atoms with Crippen molar-refractivity contribution >= 4 is 23.2 Å². The van der Waals surface area contributed by atoms with Crippen molar-refractivity contribution in [2.75, 3.05) is 13.2 Å². The second kappa shape index (κ2) is 7.81. The van der Waals surface area contributed by atoms with Gasteiger partial charge in [0.2, 0.25) is 5.91 Å². The molecule has 0 atom stereocenters. The maximum Gasteiger partial charge on any atom is 0.262 e. The van der Waals surface area contributed by atoms with E-state index in [2.05, 4.69) is 22.5 Å². The van der Waals surface area contributed by atoms with Gasteiger partial charge in [-0.05, 0) is 32.2 Å². The molecule has 0 aliphatic rings. The Morgan fingerprint density at radius 3 is 2.71 bits per heavy atom. The normalized spacial score (nSPS) is 10.5. The van der Waals surface area contributed by atoms with Crippen molar-refractivity contribution in [1.29, 1.82) is 0 Å². The zero-order valence-electron chi connectivity index (χ0n) is 12.4. The van der Waals surface area contributed by atoms with Gasteiger partial charge in [-0.15, -0.1) is 11.3 Å². The van der Waals surface area contributed by atoms with Crippen LogP contribution in [0.2, 0.25) is 0 Å². The molecule has 0 aromatic carbocycles. The number of amides is 2. The summed E-state index contributed by atoms with van der Waals surface area (Å²) in [5, 5.41) is 16.0. The van der Waals surface area contributed by atoms with Gasteiger partial charge in [-0.25, -0.2) is 0 Å². The van der Waals surface area contributed by atoms with E-state index in [4.69, 9.17) is 5.11 Å². The molecule has 0 fully saturated rings. The zero-order valence-corrected chi connectivity index (χ0v) is 13.3. The van der Waals surface area contributed by atoms with Crippen LogP contribution in [0.3, 0.4) is 0 Å². The number of hydrogen-bond donors (Lipinski definition) is 3. The van der Waals surface area contributed by atoms with Crippen LogP contribution in [-0.4, -0.2) is 35.6 Å². The maximum absolute atomic E-state index is 12.0. The van der Waals surface area contributed by atoms with E-state index in [0.29, 0.717) is 10.4 Å². The first-order chi connectivity index (χ1) is 9.83. The summed E-state index contributed by atoms with van der Waals surface area (Å²) in [6.45, 7) is 5.74. The molecular formula is C15H20N2O3S. The van der Waals surface area contributed by atoms with Gasteiger partial charge in [0.25, 0.3) is 5.91 Å². The van der Waals surface area contributed by atoms with Crippen LogP contribution in [0.5, 0.6) is 0 Å². The molecule has 6 heteroatoms. The molecule has 0 aliphatic heterocycles. The zero-order chi connectivity index (χ0) is 15.9. The maximum atomic E-state index is 12.0. The van der Waals surface area contributed by atoms with E-state index in [1.807, 2.05) is 20.8 Å². The van der Waals surface area contributed by atoms with Crippen LogP contribution >= 0.6 is 11.3 Å². The minimum absolute atomic E-state index is 0.103. The monoisotopic (exact) mass is 308 g/mol. The van der Waals surface area contributed by atoms with Gasteiger partial charge >= 0.3 is 0 Å². The summed E-state index contributed by atoms with van der Waals surface area (Å²) in [5.41, 5.74) is 0.313. The molecule has 0 saturated carbocycles. The first-order valence-electron chi connectivity index (χ1n) is 6.60. The van der Waals surface area contributed by atoms with Crippen molar-refractivity contribution in [2.24, 2.45) is 0 Å². The van der Waals surface area contributed by atoms with Gasteiger partial charge in [-0.2, -0.15) is 0 Å². The third-order valence-corrected chi connectivity index (χ3v) is 3.24. The smallest absolute Gasteiger partial charge is 0.262 e. The molecule has 1 heterocycles. The van der Waals surface area contributed by atoms with E-state index in [0.717, 1.165) is 0 Å². The van der Waals surface area contributed by atoms with Gasteiger partial charge in [0.1, 0.15) is 11.5 Å². The van der Waals surface area contributed by atoms with Crippen molar-refractivity contribution < 1.29 is 14.7 Å². The van der Waals surface area contributed by atoms with Gasteiger partial charge in [-0.1, -0.05) is 11.8 Å². The minimum atomic E-state index is -0.276. The van der Waals surface area contributed by atoms with Crippen molar-refractivity contribution in [2.45, 2.75) is 32.7 Å². The Morgan fingerprint density at radius 1 is 1.38 bits per heavy atom. The van der Waals surface area contributed by atoms with Gasteiger partial charge in [0.05, 0.1) is 0 Å². The standard InChI is InChI=1S/C15H20N2O3S/c1-15(2,3)17-12(19)6-8-16-14(20)13-11(5-4-9-18)7-10-21-13/h7,10,18H,6,8-9H2,1-3H3,(H,16,20)(H,17,19). The molecule has 1 rings (SSSR count). The van der Waals surface area contributed by atoms with E-state index < -0.39 is 0 Å². The molecule has 5 nitrogen and oxygen atoms in total. The summed E-state index contributed by atoms with van der Waals surface area (Å²) in [4.78, 5) is 24.1. The van der Waals surface area contributed by atoms with Crippen LogP contribution in [-0.2, 0) is 4.79 Å². The summed E-state index contributed by atoms with van der Waals surface area (Å²) < 4.78 is 0. The number of thiophene rings is 1. The van der Waals surface area contributed by atoms with Crippen molar-refractivity contribution in [1.82, 2.24) is 10.6 Å². The molecule has 0 aliphatic carbocycles. The topological polar surface area (TPSA) is 78.4 Å². The summed E-state index contributed by atoms with van der Waals surface area (Å²) in [6.07, 6.45) is 0.228. The average molecular weight is 308 g/mol. The van der Waals surface area contributed by atoms with Gasteiger partial charge < -0.3 is 15.7 Å². The first-order valence-corrected chi connectivity index (χ1v) is 7.48. The second-order valence-corrected chi connectivity index (χ2v) is 6.34. The number of rotatable bonds is 4. The van der Waals surface area contributed by atoms with E-state index in [1.54, 1.807) is 11.4 Å². The third kappa shape index (κ3) is 6.43. The molecule has 21 heavy (non-hydrogen) atoms. The minimum Gasteiger partial charge on any atom is -0.384 e. The number of aliphatic hydroxyl groups is 1. The number of nitrogens with one attached hydrogen (secondary N) is 2. The number of hydrogen-bond acceptors (Lipinski definition) is 4. The molecule has 0 spiro atoms. The Morgan fingerprint density at radius 2 is 2.10 bits per heavy atom. The van der Waals surface area contributed by atoms with Crippen molar-refractivity contribution in [3.05, 3.63) is 21.9 Å². The first kappa shape index (κ1) is 17.2. The van der Waals surface area contributed by atoms with Gasteiger partial charge in [0.15, 0.2) is 0 Å². The largest absolute Gasteiger partial charge is 0.384 e. The number of carbonyl (C=O) groups excluding carboxylic acids is 2. The number of carbonyl (C=O) groups is 2. The Hall–Kier alpha value is -1.84. The van der Waals surface area contributed by atoms with E-state index in [9.17, 15) is 9.59 Å². The van der Waals surface area contributed by atoms with Gasteiger partial charge in [0, 0.05) is 24.1 Å². The molecule has 0 radical (unpaired) electrons. The fourth-order valence-corrected chi connectivity index (χ4v) is 2.33. The molecule has 2 amide bonds. The van der Waals surface area contributed by atoms with E-state index in [-0.39, 0.29) is 36.9 Å². The predicted octanol–water partition coefficient (Wildman–Crippen LogP) is 1.13. The van der Waals surface area contributed by atoms with E-state index >= 15 is 0 Å². The highest BCUT2D eigenvalue weighted by atomic mass is 32.1. The predicted molar refractivity (Wildman–Crippen MR) is 83.1 cm³/mol. The quantitative estimate of drug-likeness (QED) is 0.730. The van der Waals surface area contributed by atoms with Crippen LogP contribution in [0, 0.1) is 11.8 Å². The van der Waals surface area contributed by atoms with Gasteiger partial charge in [-0.3, -0.25) is 9.59 Å². The lowest BCUT2D eigenvalue weighted by molar-refractivity contribution is -0.122. The van der Waals surface area contributed by atoms with Crippen molar-refractivity contribution in [3.63, 3.8) is 0 Å². The summed E-state index contributed by atoms with van der Waals surface area (Å²) in [6, 6.07) is 1.73. The molecule has 1 aromatic rings. The van der Waals surface area contributed by atoms with Crippen molar-refractivity contribution in [3.8, 4) is 11.8 Å². The lowest BCUT2D eigenvalue weighted by Crippen LogP contribution is -2.41. The Bertz CT molecular complexity index is 561. The van der Waals surface area contributed by atoms with Crippen LogP contribution in [0.4, 0.5) is 0 Å². The highest BCUT2D eigenvalue weighted by Gasteiger charge is 2.15. The van der Waals surface area contributed by atoms with Crippen LogP contribution in [0.25, 0.3) is 0 Å². The van der Waals surface area contributed by atoms with Crippen LogP contribution < -0.4 is 10.6 Å². The Kier molecular flexibility index (Phi) is 6.40. The van der Waals surface area contributed by atoms with E-state index in [1.165, 1.54) is 11.3 Å². The fourth-order valence-electron chi connectivity index (χ4n) is 1.57. The molecule has 0 bridgehead atoms. The molecular weight excluding hydrogens is 288 g/mol. The summed E-state index contributed by atoms with van der Waals surface area (Å²) >= 11 is 1.28. The lowest BCUT2D eigenvalue weighted by Gasteiger charge is -2.20. The molecule has 0 saturated heterocycles.